The second kappa shape index (κ2) is 4.61. The molecule has 5 nitrogen and oxygen atoms in total. The third-order valence-corrected chi connectivity index (χ3v) is 3.07. The fraction of sp³-hybridized carbons (Fsp3) is 0.143. The minimum absolute atomic E-state index is 0.181. The third-order valence-electron chi connectivity index (χ3n) is 3.07. The molecule has 1 heterocycles. The number of aromatic nitrogens is 1. The van der Waals surface area contributed by atoms with Crippen LogP contribution in [0.2, 0.25) is 0 Å². The van der Waals surface area contributed by atoms with Crippen LogP contribution in [0, 0.1) is 13.8 Å². The van der Waals surface area contributed by atoms with Gasteiger partial charge in [-0.25, -0.2) is 4.79 Å². The molecule has 0 saturated heterocycles. The van der Waals surface area contributed by atoms with Crippen molar-refractivity contribution in [2.75, 3.05) is 0 Å². The number of amides is 1. The second-order valence-electron chi connectivity index (χ2n) is 4.31. The number of para-hydroxylation sites is 1. The molecule has 0 radical (unpaired) electrons. The Bertz CT molecular complexity index is 671. The lowest BCUT2D eigenvalue weighted by Gasteiger charge is -2.12. The van der Waals surface area contributed by atoms with E-state index in [0.29, 0.717) is 16.9 Å². The SMILES string of the molecule is Cc1cc(C(N)=O)c(C)n1-c1ccccc1C(=O)O. The first-order valence-electron chi connectivity index (χ1n) is 5.75. The summed E-state index contributed by atoms with van der Waals surface area (Å²) in [7, 11) is 0. The Morgan fingerprint density at radius 1 is 1.16 bits per heavy atom. The lowest BCUT2D eigenvalue weighted by atomic mass is 10.1. The molecule has 1 amide bonds. The van der Waals surface area contributed by atoms with Crippen molar-refractivity contribution in [3.05, 3.63) is 52.8 Å². The fourth-order valence-electron chi connectivity index (χ4n) is 2.23. The molecule has 0 saturated carbocycles. The largest absolute Gasteiger partial charge is 0.478 e. The van der Waals surface area contributed by atoms with Crippen LogP contribution in [0.5, 0.6) is 0 Å². The van der Waals surface area contributed by atoms with Crippen LogP contribution in [0.3, 0.4) is 0 Å². The first kappa shape index (κ1) is 12.9. The van der Waals surface area contributed by atoms with Gasteiger partial charge in [-0.3, -0.25) is 4.79 Å². The highest BCUT2D eigenvalue weighted by Crippen LogP contribution is 2.23. The zero-order chi connectivity index (χ0) is 14.2. The Balaban J connectivity index is 2.73. The highest BCUT2D eigenvalue weighted by atomic mass is 16.4. The van der Waals surface area contributed by atoms with Crippen LogP contribution in [-0.2, 0) is 0 Å². The van der Waals surface area contributed by atoms with Crippen LogP contribution >= 0.6 is 0 Å². The Morgan fingerprint density at radius 3 is 2.32 bits per heavy atom. The molecular weight excluding hydrogens is 244 g/mol. The van der Waals surface area contributed by atoms with Gasteiger partial charge in [0.05, 0.1) is 16.8 Å². The van der Waals surface area contributed by atoms with E-state index in [9.17, 15) is 14.7 Å². The summed E-state index contributed by atoms with van der Waals surface area (Å²) < 4.78 is 1.73. The molecule has 1 aromatic carbocycles. The normalized spacial score (nSPS) is 10.4. The van der Waals surface area contributed by atoms with Gasteiger partial charge in [0.1, 0.15) is 0 Å². The molecule has 1 aromatic heterocycles. The summed E-state index contributed by atoms with van der Waals surface area (Å²) in [5, 5.41) is 9.22. The van der Waals surface area contributed by atoms with Crippen LogP contribution in [0.1, 0.15) is 32.1 Å². The van der Waals surface area contributed by atoms with E-state index >= 15 is 0 Å². The summed E-state index contributed by atoms with van der Waals surface area (Å²) in [5.74, 6) is -1.53. The third kappa shape index (κ3) is 2.10. The summed E-state index contributed by atoms with van der Waals surface area (Å²) in [6.07, 6.45) is 0. The smallest absolute Gasteiger partial charge is 0.337 e. The maximum atomic E-state index is 11.3. The molecule has 0 aliphatic carbocycles. The number of hydrogen-bond donors (Lipinski definition) is 2. The first-order chi connectivity index (χ1) is 8.93. The number of nitrogens with two attached hydrogens (primary N) is 1. The predicted molar refractivity (Wildman–Crippen MR) is 70.7 cm³/mol. The monoisotopic (exact) mass is 258 g/mol. The van der Waals surface area contributed by atoms with Crippen molar-refractivity contribution in [3.63, 3.8) is 0 Å². The topological polar surface area (TPSA) is 85.3 Å². The Morgan fingerprint density at radius 2 is 1.79 bits per heavy atom. The average molecular weight is 258 g/mol. The van der Waals surface area contributed by atoms with E-state index in [1.807, 2.05) is 0 Å². The summed E-state index contributed by atoms with van der Waals surface area (Å²) >= 11 is 0. The molecule has 98 valence electrons. The number of carbonyl (C=O) groups excluding carboxylic acids is 1. The molecule has 0 unspecified atom stereocenters. The van der Waals surface area contributed by atoms with E-state index in [2.05, 4.69) is 0 Å². The molecule has 0 fully saturated rings. The van der Waals surface area contributed by atoms with E-state index in [1.54, 1.807) is 42.7 Å². The number of carbonyl (C=O) groups is 2. The number of carboxylic acids is 1. The minimum Gasteiger partial charge on any atom is -0.478 e. The standard InChI is InChI=1S/C14H14N2O3/c1-8-7-11(13(15)17)9(2)16(8)12-6-4-3-5-10(12)14(18)19/h3-7H,1-2H3,(H2,15,17)(H,18,19). The van der Waals surface area contributed by atoms with Crippen molar-refractivity contribution < 1.29 is 14.7 Å². The number of hydrogen-bond acceptors (Lipinski definition) is 2. The first-order valence-corrected chi connectivity index (χ1v) is 5.75. The van der Waals surface area contributed by atoms with Gasteiger partial charge in [-0.2, -0.15) is 0 Å². The molecule has 19 heavy (non-hydrogen) atoms. The van der Waals surface area contributed by atoms with Gasteiger partial charge in [-0.15, -0.1) is 0 Å². The average Bonchev–Trinajstić information content (AvgIpc) is 2.65. The van der Waals surface area contributed by atoms with E-state index in [4.69, 9.17) is 5.73 Å². The number of aromatic carboxylic acids is 1. The zero-order valence-corrected chi connectivity index (χ0v) is 10.7. The number of carboxylic acid groups (broad SMARTS) is 1. The number of rotatable bonds is 3. The Labute approximate surface area is 110 Å². The van der Waals surface area contributed by atoms with E-state index in [1.165, 1.54) is 6.07 Å². The molecule has 0 aliphatic rings. The quantitative estimate of drug-likeness (QED) is 0.881. The van der Waals surface area contributed by atoms with Gasteiger partial charge >= 0.3 is 5.97 Å². The highest BCUT2D eigenvalue weighted by Gasteiger charge is 2.18. The molecular formula is C14H14N2O3. The summed E-state index contributed by atoms with van der Waals surface area (Å²) in [4.78, 5) is 22.6. The second-order valence-corrected chi connectivity index (χ2v) is 4.31. The molecule has 2 rings (SSSR count). The number of benzene rings is 1. The van der Waals surface area contributed by atoms with Gasteiger partial charge < -0.3 is 15.4 Å². The molecule has 0 bridgehead atoms. The van der Waals surface area contributed by atoms with Crippen LogP contribution < -0.4 is 5.73 Å². The van der Waals surface area contributed by atoms with Gasteiger partial charge in [0.2, 0.25) is 0 Å². The fourth-order valence-corrected chi connectivity index (χ4v) is 2.23. The van der Waals surface area contributed by atoms with Crippen LogP contribution in [-0.4, -0.2) is 21.6 Å². The van der Waals surface area contributed by atoms with Gasteiger partial charge in [0.25, 0.3) is 5.91 Å². The highest BCUT2D eigenvalue weighted by molar-refractivity contribution is 5.95. The maximum Gasteiger partial charge on any atom is 0.337 e. The molecule has 2 aromatic rings. The van der Waals surface area contributed by atoms with Gasteiger partial charge in [-0.1, -0.05) is 12.1 Å². The van der Waals surface area contributed by atoms with E-state index < -0.39 is 11.9 Å². The number of primary amides is 1. The summed E-state index contributed by atoms with van der Waals surface area (Å²) in [5.41, 5.74) is 7.81. The van der Waals surface area contributed by atoms with Crippen LogP contribution in [0.4, 0.5) is 0 Å². The van der Waals surface area contributed by atoms with Crippen LogP contribution in [0.15, 0.2) is 30.3 Å². The predicted octanol–water partition coefficient (Wildman–Crippen LogP) is 1.89. The molecule has 0 aliphatic heterocycles. The molecule has 3 N–H and O–H groups in total. The van der Waals surface area contributed by atoms with Crippen molar-refractivity contribution in [1.82, 2.24) is 4.57 Å². The van der Waals surface area contributed by atoms with E-state index in [-0.39, 0.29) is 5.56 Å². The van der Waals surface area contributed by atoms with E-state index in [0.717, 1.165) is 5.69 Å². The van der Waals surface area contributed by atoms with Crippen molar-refractivity contribution >= 4 is 11.9 Å². The van der Waals surface area contributed by atoms with Crippen molar-refractivity contribution in [2.24, 2.45) is 5.73 Å². The number of nitrogens with zero attached hydrogens (tertiary/aromatic N) is 1. The van der Waals surface area contributed by atoms with Crippen molar-refractivity contribution in [3.8, 4) is 5.69 Å². The van der Waals surface area contributed by atoms with Crippen molar-refractivity contribution in [2.45, 2.75) is 13.8 Å². The van der Waals surface area contributed by atoms with Crippen molar-refractivity contribution in [1.29, 1.82) is 0 Å². The number of aryl methyl sites for hydroxylation is 1. The van der Waals surface area contributed by atoms with Gasteiger partial charge in [-0.05, 0) is 32.0 Å². The summed E-state index contributed by atoms with van der Waals surface area (Å²) in [6, 6.07) is 8.31. The Hall–Kier alpha value is -2.56. The molecule has 0 spiro atoms. The maximum absolute atomic E-state index is 11.3. The lowest BCUT2D eigenvalue weighted by Crippen LogP contribution is -2.13. The molecule has 5 heteroatoms. The van der Waals surface area contributed by atoms with Gasteiger partial charge in [0.15, 0.2) is 0 Å². The molecule has 0 atom stereocenters. The summed E-state index contributed by atoms with van der Waals surface area (Å²) in [6.45, 7) is 3.55. The minimum atomic E-state index is -1.01. The zero-order valence-electron chi connectivity index (χ0n) is 10.7. The lowest BCUT2D eigenvalue weighted by molar-refractivity contribution is 0.0696. The van der Waals surface area contributed by atoms with Gasteiger partial charge in [0, 0.05) is 11.4 Å². The van der Waals surface area contributed by atoms with Crippen LogP contribution in [0.25, 0.3) is 5.69 Å². The Kier molecular flexibility index (Phi) is 3.12.